The first-order valence-electron chi connectivity index (χ1n) is 11.0. The van der Waals surface area contributed by atoms with Crippen LogP contribution in [0.1, 0.15) is 44.7 Å². The quantitative estimate of drug-likeness (QED) is 0.721. The zero-order chi connectivity index (χ0) is 23.9. The van der Waals surface area contributed by atoms with Crippen molar-refractivity contribution in [1.82, 2.24) is 10.2 Å². The van der Waals surface area contributed by atoms with Gasteiger partial charge in [0.1, 0.15) is 18.4 Å². The summed E-state index contributed by atoms with van der Waals surface area (Å²) < 4.78 is 11.2. The fourth-order valence-electron chi connectivity index (χ4n) is 4.92. The van der Waals surface area contributed by atoms with Crippen molar-refractivity contribution in [2.45, 2.75) is 57.5 Å². The molecule has 2 aliphatic rings. The molecule has 0 unspecified atom stereocenters. The number of alkyl carbamates (subject to hydrolysis) is 1. The zero-order valence-corrected chi connectivity index (χ0v) is 19.1. The molecule has 1 aliphatic heterocycles. The standard InChI is InChI=1S/C25H28N2O6/c1-14(22(28)27-21(23(29)30)15(2)33-25(27,3)4)26-24(31)32-13-20-18-11-7-5-9-16(18)17-10-6-8-12-19(17)20/h5-12,14-15,20-21H,13H2,1-4H3,(H,26,31)(H,29,30)/t14-,15+,21-/m0/s1. The van der Waals surface area contributed by atoms with Crippen molar-refractivity contribution in [3.63, 3.8) is 0 Å². The van der Waals surface area contributed by atoms with E-state index < -0.39 is 41.9 Å². The van der Waals surface area contributed by atoms with Crippen LogP contribution < -0.4 is 5.32 Å². The van der Waals surface area contributed by atoms with Gasteiger partial charge in [0, 0.05) is 5.92 Å². The highest BCUT2D eigenvalue weighted by Crippen LogP contribution is 2.44. The molecule has 2 amide bonds. The summed E-state index contributed by atoms with van der Waals surface area (Å²) in [4.78, 5) is 38.5. The summed E-state index contributed by atoms with van der Waals surface area (Å²) in [6.45, 7) is 6.49. The monoisotopic (exact) mass is 452 g/mol. The maximum Gasteiger partial charge on any atom is 0.407 e. The van der Waals surface area contributed by atoms with E-state index in [1.807, 2.05) is 36.4 Å². The Morgan fingerprint density at radius 1 is 1.09 bits per heavy atom. The zero-order valence-electron chi connectivity index (χ0n) is 19.1. The third-order valence-corrected chi connectivity index (χ3v) is 6.32. The topological polar surface area (TPSA) is 105 Å². The number of carbonyl (C=O) groups excluding carboxylic acids is 2. The number of benzene rings is 2. The minimum atomic E-state index is -1.16. The number of fused-ring (bicyclic) bond motifs is 3. The lowest BCUT2D eigenvalue weighted by Gasteiger charge is -2.34. The van der Waals surface area contributed by atoms with Gasteiger partial charge < -0.3 is 19.9 Å². The summed E-state index contributed by atoms with van der Waals surface area (Å²) in [6.07, 6.45) is -1.42. The molecule has 0 radical (unpaired) electrons. The summed E-state index contributed by atoms with van der Waals surface area (Å²) in [7, 11) is 0. The number of aliphatic carboxylic acids is 1. The van der Waals surface area contributed by atoms with Crippen molar-refractivity contribution in [3.8, 4) is 11.1 Å². The summed E-state index contributed by atoms with van der Waals surface area (Å²) in [6, 6.07) is 13.9. The fraction of sp³-hybridized carbons (Fsp3) is 0.400. The Bertz CT molecular complexity index is 1050. The van der Waals surface area contributed by atoms with E-state index in [1.54, 1.807) is 20.8 Å². The molecule has 2 aromatic rings. The molecular weight excluding hydrogens is 424 g/mol. The molecule has 8 heteroatoms. The predicted octanol–water partition coefficient (Wildman–Crippen LogP) is 3.35. The minimum absolute atomic E-state index is 0.0997. The number of hydrogen-bond donors (Lipinski definition) is 2. The second kappa shape index (κ2) is 8.51. The Balaban J connectivity index is 1.42. The molecule has 0 bridgehead atoms. The van der Waals surface area contributed by atoms with Crippen LogP contribution in [0.2, 0.25) is 0 Å². The van der Waals surface area contributed by atoms with E-state index in [2.05, 4.69) is 17.4 Å². The van der Waals surface area contributed by atoms with E-state index in [0.717, 1.165) is 22.3 Å². The number of carboxylic acid groups (broad SMARTS) is 1. The lowest BCUT2D eigenvalue weighted by atomic mass is 9.98. The Morgan fingerprint density at radius 3 is 2.18 bits per heavy atom. The van der Waals surface area contributed by atoms with E-state index in [-0.39, 0.29) is 12.5 Å². The lowest BCUT2D eigenvalue weighted by molar-refractivity contribution is -0.156. The molecule has 3 atom stereocenters. The van der Waals surface area contributed by atoms with Crippen LogP contribution in [0.5, 0.6) is 0 Å². The first kappa shape index (κ1) is 22.8. The second-order valence-corrected chi connectivity index (χ2v) is 8.95. The van der Waals surface area contributed by atoms with E-state index in [0.29, 0.717) is 0 Å². The van der Waals surface area contributed by atoms with Crippen LogP contribution in [-0.4, -0.2) is 58.5 Å². The van der Waals surface area contributed by atoms with E-state index >= 15 is 0 Å². The molecule has 2 aromatic carbocycles. The van der Waals surface area contributed by atoms with Crippen molar-refractivity contribution in [2.75, 3.05) is 6.61 Å². The number of amides is 2. The molecule has 0 aromatic heterocycles. The number of rotatable bonds is 5. The van der Waals surface area contributed by atoms with Crippen LogP contribution in [-0.2, 0) is 19.1 Å². The highest BCUT2D eigenvalue weighted by Gasteiger charge is 2.52. The van der Waals surface area contributed by atoms with Crippen LogP contribution in [0, 0.1) is 0 Å². The first-order chi connectivity index (χ1) is 15.6. The van der Waals surface area contributed by atoms with Gasteiger partial charge in [-0.1, -0.05) is 48.5 Å². The molecule has 1 heterocycles. The van der Waals surface area contributed by atoms with E-state index in [9.17, 15) is 19.5 Å². The van der Waals surface area contributed by atoms with Crippen molar-refractivity contribution in [2.24, 2.45) is 0 Å². The normalized spacial score (nSPS) is 21.8. The molecule has 1 saturated heterocycles. The van der Waals surface area contributed by atoms with Crippen molar-refractivity contribution >= 4 is 18.0 Å². The molecule has 4 rings (SSSR count). The fourth-order valence-corrected chi connectivity index (χ4v) is 4.92. The van der Waals surface area contributed by atoms with Gasteiger partial charge in [-0.05, 0) is 49.9 Å². The van der Waals surface area contributed by atoms with Gasteiger partial charge in [0.15, 0.2) is 6.04 Å². The molecule has 0 spiro atoms. The van der Waals surface area contributed by atoms with Crippen molar-refractivity contribution in [3.05, 3.63) is 59.7 Å². The van der Waals surface area contributed by atoms with Crippen molar-refractivity contribution < 1.29 is 29.0 Å². The summed E-state index contributed by atoms with van der Waals surface area (Å²) >= 11 is 0. The SMILES string of the molecule is C[C@H](NC(=O)OCC1c2ccccc2-c2ccccc21)C(=O)N1[C@H](C(=O)O)[C@@H](C)OC1(C)C. The van der Waals surface area contributed by atoms with Gasteiger partial charge in [0.25, 0.3) is 0 Å². The third-order valence-electron chi connectivity index (χ3n) is 6.32. The number of ether oxygens (including phenoxy) is 2. The molecule has 0 saturated carbocycles. The summed E-state index contributed by atoms with van der Waals surface area (Å²) in [5, 5.41) is 12.1. The molecule has 8 nitrogen and oxygen atoms in total. The number of nitrogens with one attached hydrogen (secondary N) is 1. The molecule has 33 heavy (non-hydrogen) atoms. The van der Waals surface area contributed by atoms with Gasteiger partial charge in [0.2, 0.25) is 5.91 Å². The molecule has 174 valence electrons. The van der Waals surface area contributed by atoms with E-state index in [4.69, 9.17) is 9.47 Å². The van der Waals surface area contributed by atoms with E-state index in [1.165, 1.54) is 11.8 Å². The predicted molar refractivity (Wildman–Crippen MR) is 121 cm³/mol. The van der Waals surface area contributed by atoms with Gasteiger partial charge in [0.05, 0.1) is 6.10 Å². The Labute approximate surface area is 192 Å². The number of carboxylic acids is 1. The van der Waals surface area contributed by atoms with Crippen LogP contribution in [0.4, 0.5) is 4.79 Å². The number of hydrogen-bond acceptors (Lipinski definition) is 5. The van der Waals surface area contributed by atoms with Crippen LogP contribution in [0.15, 0.2) is 48.5 Å². The Hall–Kier alpha value is -3.39. The van der Waals surface area contributed by atoms with Gasteiger partial charge in [-0.2, -0.15) is 0 Å². The minimum Gasteiger partial charge on any atom is -0.480 e. The van der Waals surface area contributed by atoms with Gasteiger partial charge >= 0.3 is 12.1 Å². The average molecular weight is 453 g/mol. The lowest BCUT2D eigenvalue weighted by Crippen LogP contribution is -2.57. The molecule has 1 fully saturated rings. The first-order valence-corrected chi connectivity index (χ1v) is 11.0. The smallest absolute Gasteiger partial charge is 0.407 e. The maximum atomic E-state index is 13.1. The van der Waals surface area contributed by atoms with Gasteiger partial charge in [-0.25, -0.2) is 9.59 Å². The highest BCUT2D eigenvalue weighted by atomic mass is 16.6. The largest absolute Gasteiger partial charge is 0.480 e. The van der Waals surface area contributed by atoms with Crippen molar-refractivity contribution in [1.29, 1.82) is 0 Å². The summed E-state index contributed by atoms with van der Waals surface area (Å²) in [5.74, 6) is -1.81. The van der Waals surface area contributed by atoms with Gasteiger partial charge in [-0.3, -0.25) is 9.69 Å². The van der Waals surface area contributed by atoms with Crippen LogP contribution >= 0.6 is 0 Å². The Kier molecular flexibility index (Phi) is 5.88. The average Bonchev–Trinajstić information content (AvgIpc) is 3.21. The summed E-state index contributed by atoms with van der Waals surface area (Å²) in [5.41, 5.74) is 3.30. The molecular formula is C25H28N2O6. The third kappa shape index (κ3) is 4.06. The Morgan fingerprint density at radius 2 is 1.64 bits per heavy atom. The van der Waals surface area contributed by atoms with Gasteiger partial charge in [-0.15, -0.1) is 0 Å². The molecule has 1 aliphatic carbocycles. The second-order valence-electron chi connectivity index (χ2n) is 8.95. The highest BCUT2D eigenvalue weighted by molar-refractivity contribution is 5.90. The maximum absolute atomic E-state index is 13.1. The number of nitrogens with zero attached hydrogens (tertiary/aromatic N) is 1. The van der Waals surface area contributed by atoms with Crippen LogP contribution in [0.25, 0.3) is 11.1 Å². The molecule has 2 N–H and O–H groups in total. The van der Waals surface area contributed by atoms with Crippen LogP contribution in [0.3, 0.4) is 0 Å². The number of carbonyl (C=O) groups is 3.